The van der Waals surface area contributed by atoms with Crippen LogP contribution in [0.4, 0.5) is 0 Å². The molecule has 0 aliphatic rings. The van der Waals surface area contributed by atoms with Gasteiger partial charge in [0.05, 0.1) is 12.7 Å². The molecule has 6 nitrogen and oxygen atoms in total. The number of aliphatic hydroxyl groups is 2. The van der Waals surface area contributed by atoms with Gasteiger partial charge >= 0.3 is 11.9 Å². The molecule has 0 saturated carbocycles. The maximum Gasteiger partial charge on any atom is 0.306 e. The van der Waals surface area contributed by atoms with Crippen LogP contribution in [0.5, 0.6) is 0 Å². The molecule has 0 aromatic rings. The summed E-state index contributed by atoms with van der Waals surface area (Å²) in [6.45, 7) is 1.86. The third-order valence-electron chi connectivity index (χ3n) is 7.72. The molecule has 0 radical (unpaired) electrons. The molecule has 49 heavy (non-hydrogen) atoms. The van der Waals surface area contributed by atoms with Crippen molar-refractivity contribution in [1.29, 1.82) is 0 Å². The monoisotopic (exact) mass is 681 g/mol. The van der Waals surface area contributed by atoms with E-state index in [2.05, 4.69) is 98.1 Å². The van der Waals surface area contributed by atoms with E-state index < -0.39 is 18.2 Å². The first kappa shape index (κ1) is 45.8. The molecule has 0 amide bonds. The average Bonchev–Trinajstić information content (AvgIpc) is 3.09. The Morgan fingerprint density at radius 1 is 0.531 bits per heavy atom. The molecule has 0 spiro atoms. The van der Waals surface area contributed by atoms with E-state index in [1.807, 2.05) is 6.08 Å². The standard InChI is InChI=1S/C43H68O6/c1-2-3-4-5-6-7-8-9-10-12-17-20-23-26-29-32-35-38-43(48)49-41(39-44)40(45)36-33-30-27-24-21-18-15-13-11-14-16-19-22-25-28-31-34-37-42(46)47/h6-7,9-11,13,16-21,25-26,28-29,40-41,44-45H,2-5,8,12,14-15,22-24,27,30-39H2,1H3,(H,46,47). The maximum absolute atomic E-state index is 12.2. The lowest BCUT2D eigenvalue weighted by Gasteiger charge is -2.21. The fourth-order valence-corrected chi connectivity index (χ4v) is 4.79. The summed E-state index contributed by atoms with van der Waals surface area (Å²) in [4.78, 5) is 22.7. The second-order valence-corrected chi connectivity index (χ2v) is 12.3. The van der Waals surface area contributed by atoms with Crippen molar-refractivity contribution in [3.63, 3.8) is 0 Å². The summed E-state index contributed by atoms with van der Waals surface area (Å²) in [7, 11) is 0. The molecule has 0 aromatic carbocycles. The van der Waals surface area contributed by atoms with Gasteiger partial charge in [0, 0.05) is 12.8 Å². The minimum Gasteiger partial charge on any atom is -0.481 e. The summed E-state index contributed by atoms with van der Waals surface area (Å²) in [6, 6.07) is 0. The third kappa shape index (κ3) is 35.9. The Kier molecular flexibility index (Phi) is 35.1. The number of carbonyl (C=O) groups excluding carboxylic acids is 1. The van der Waals surface area contributed by atoms with Gasteiger partial charge in [0.1, 0.15) is 0 Å². The zero-order valence-electron chi connectivity index (χ0n) is 30.5. The Bertz CT molecular complexity index is 1010. The van der Waals surface area contributed by atoms with E-state index in [4.69, 9.17) is 9.84 Å². The quantitative estimate of drug-likeness (QED) is 0.0362. The second-order valence-electron chi connectivity index (χ2n) is 12.3. The molecule has 0 aromatic heterocycles. The number of rotatable bonds is 33. The SMILES string of the molecule is CCCCCC=CCC=CCC=CCC=CCCCC(=O)OC(CO)C(O)CCCCCC=CCC=CCC=CCC=CCCCC(=O)O. The third-order valence-corrected chi connectivity index (χ3v) is 7.72. The van der Waals surface area contributed by atoms with E-state index in [1.165, 1.54) is 25.7 Å². The molecule has 0 saturated heterocycles. The van der Waals surface area contributed by atoms with Crippen LogP contribution in [0, 0.1) is 0 Å². The highest BCUT2D eigenvalue weighted by Crippen LogP contribution is 2.13. The zero-order valence-corrected chi connectivity index (χ0v) is 30.5. The summed E-state index contributed by atoms with van der Waals surface area (Å²) in [5.74, 6) is -1.11. The molecule has 0 rings (SSSR count). The van der Waals surface area contributed by atoms with Gasteiger partial charge in [-0.25, -0.2) is 0 Å². The van der Waals surface area contributed by atoms with Crippen molar-refractivity contribution in [2.24, 2.45) is 0 Å². The smallest absolute Gasteiger partial charge is 0.306 e. The summed E-state index contributed by atoms with van der Waals surface area (Å²) < 4.78 is 5.36. The Balaban J connectivity index is 3.81. The topological polar surface area (TPSA) is 104 Å². The van der Waals surface area contributed by atoms with Gasteiger partial charge in [-0.1, -0.05) is 130 Å². The number of carboxylic acid groups (broad SMARTS) is 1. The van der Waals surface area contributed by atoms with Crippen molar-refractivity contribution in [2.45, 2.75) is 154 Å². The maximum atomic E-state index is 12.2. The van der Waals surface area contributed by atoms with Crippen LogP contribution in [0.2, 0.25) is 0 Å². The molecular formula is C43H68O6. The number of carboxylic acids is 1. The van der Waals surface area contributed by atoms with Crippen LogP contribution in [-0.4, -0.2) is 46.1 Å². The number of aliphatic carboxylic acids is 1. The van der Waals surface area contributed by atoms with Gasteiger partial charge in [0.25, 0.3) is 0 Å². The molecule has 0 heterocycles. The number of esters is 1. The van der Waals surface area contributed by atoms with E-state index in [-0.39, 0.29) is 25.4 Å². The molecule has 3 N–H and O–H groups in total. The highest BCUT2D eigenvalue weighted by molar-refractivity contribution is 5.69. The largest absolute Gasteiger partial charge is 0.481 e. The minimum atomic E-state index is -0.863. The van der Waals surface area contributed by atoms with Gasteiger partial charge in [-0.3, -0.25) is 9.59 Å². The molecule has 276 valence electrons. The van der Waals surface area contributed by atoms with E-state index in [9.17, 15) is 19.8 Å². The second kappa shape index (κ2) is 37.6. The Hall–Kier alpha value is -3.22. The van der Waals surface area contributed by atoms with Gasteiger partial charge in [-0.15, -0.1) is 0 Å². The van der Waals surface area contributed by atoms with Crippen molar-refractivity contribution >= 4 is 11.9 Å². The van der Waals surface area contributed by atoms with Crippen LogP contribution in [-0.2, 0) is 14.3 Å². The van der Waals surface area contributed by atoms with Crippen molar-refractivity contribution in [3.8, 4) is 0 Å². The number of unbranched alkanes of at least 4 members (excludes halogenated alkanes) is 8. The van der Waals surface area contributed by atoms with Crippen LogP contribution in [0.25, 0.3) is 0 Å². The van der Waals surface area contributed by atoms with E-state index >= 15 is 0 Å². The number of carbonyl (C=O) groups is 2. The van der Waals surface area contributed by atoms with E-state index in [1.54, 1.807) is 0 Å². The average molecular weight is 681 g/mol. The predicted octanol–water partition coefficient (Wildman–Crippen LogP) is 11.0. The van der Waals surface area contributed by atoms with Crippen molar-refractivity contribution in [3.05, 3.63) is 97.2 Å². The molecule has 0 bridgehead atoms. The highest BCUT2D eigenvalue weighted by Gasteiger charge is 2.22. The van der Waals surface area contributed by atoms with E-state index in [0.717, 1.165) is 77.0 Å². The Morgan fingerprint density at radius 2 is 0.918 bits per heavy atom. The fraction of sp³-hybridized carbons (Fsp3) is 0.581. The predicted molar refractivity (Wildman–Crippen MR) is 206 cm³/mol. The first-order valence-corrected chi connectivity index (χ1v) is 18.9. The van der Waals surface area contributed by atoms with Crippen LogP contribution < -0.4 is 0 Å². The van der Waals surface area contributed by atoms with Gasteiger partial charge in [-0.2, -0.15) is 0 Å². The minimum absolute atomic E-state index is 0.227. The lowest BCUT2D eigenvalue weighted by atomic mass is 10.0. The Labute approximate surface area is 298 Å². The number of hydrogen-bond donors (Lipinski definition) is 3. The van der Waals surface area contributed by atoms with Gasteiger partial charge in [-0.05, 0) is 96.3 Å². The highest BCUT2D eigenvalue weighted by atomic mass is 16.6. The lowest BCUT2D eigenvalue weighted by molar-refractivity contribution is -0.158. The van der Waals surface area contributed by atoms with Crippen LogP contribution in [0.15, 0.2) is 97.2 Å². The molecule has 0 aliphatic heterocycles. The summed E-state index contributed by atoms with van der Waals surface area (Å²) in [5, 5.41) is 28.7. The van der Waals surface area contributed by atoms with Gasteiger partial charge in [0.15, 0.2) is 6.10 Å². The lowest BCUT2D eigenvalue weighted by Crippen LogP contribution is -2.34. The number of aliphatic hydroxyl groups excluding tert-OH is 2. The first-order valence-electron chi connectivity index (χ1n) is 18.9. The molecule has 0 aliphatic carbocycles. The van der Waals surface area contributed by atoms with Crippen LogP contribution in [0.1, 0.15) is 142 Å². The van der Waals surface area contributed by atoms with Crippen molar-refractivity contribution in [2.75, 3.05) is 6.61 Å². The first-order chi connectivity index (χ1) is 24.0. The van der Waals surface area contributed by atoms with Crippen molar-refractivity contribution in [1.82, 2.24) is 0 Å². The number of hydrogen-bond acceptors (Lipinski definition) is 5. The van der Waals surface area contributed by atoms with Gasteiger partial charge in [0.2, 0.25) is 0 Å². The fourth-order valence-electron chi connectivity index (χ4n) is 4.79. The van der Waals surface area contributed by atoms with Gasteiger partial charge < -0.3 is 20.1 Å². The normalized spacial score (nSPS) is 14.0. The molecule has 2 unspecified atom stereocenters. The van der Waals surface area contributed by atoms with E-state index in [0.29, 0.717) is 19.3 Å². The molecular weight excluding hydrogens is 612 g/mol. The summed E-state index contributed by atoms with van der Waals surface area (Å²) in [5.41, 5.74) is 0. The summed E-state index contributed by atoms with van der Waals surface area (Å²) in [6.07, 6.45) is 51.1. The molecule has 2 atom stereocenters. The number of allylic oxidation sites excluding steroid dienone is 16. The molecule has 0 fully saturated rings. The summed E-state index contributed by atoms with van der Waals surface area (Å²) >= 11 is 0. The number of ether oxygens (including phenoxy) is 1. The van der Waals surface area contributed by atoms with Crippen molar-refractivity contribution < 1.29 is 29.6 Å². The van der Waals surface area contributed by atoms with Crippen LogP contribution in [0.3, 0.4) is 0 Å². The molecule has 6 heteroatoms. The van der Waals surface area contributed by atoms with Crippen LogP contribution >= 0.6 is 0 Å². The Morgan fingerprint density at radius 3 is 1.33 bits per heavy atom. The zero-order chi connectivity index (χ0) is 35.9.